The van der Waals surface area contributed by atoms with Gasteiger partial charge in [0.15, 0.2) is 0 Å². The summed E-state index contributed by atoms with van der Waals surface area (Å²) in [5, 5.41) is 48.3. The molecule has 0 radical (unpaired) electrons. The molecule has 1 fully saturated rings. The van der Waals surface area contributed by atoms with Crippen LogP contribution < -0.4 is 21.3 Å². The maximum atomic E-state index is 13.3. The van der Waals surface area contributed by atoms with Crippen molar-refractivity contribution >= 4 is 29.7 Å². The highest BCUT2D eigenvalue weighted by atomic mass is 16.4. The van der Waals surface area contributed by atoms with Crippen molar-refractivity contribution in [1.82, 2.24) is 21.3 Å². The van der Waals surface area contributed by atoms with Gasteiger partial charge in [-0.1, -0.05) is 24.3 Å². The molecule has 1 saturated heterocycles. The van der Waals surface area contributed by atoms with Crippen molar-refractivity contribution in [3.63, 3.8) is 0 Å². The summed E-state index contributed by atoms with van der Waals surface area (Å²) in [6.45, 7) is 0.609. The number of phenolic OH excluding ortho intramolecular Hbond substituents is 2. The lowest BCUT2D eigenvalue weighted by Gasteiger charge is -2.25. The summed E-state index contributed by atoms with van der Waals surface area (Å²) in [6.07, 6.45) is 0.291. The Labute approximate surface area is 229 Å². The summed E-state index contributed by atoms with van der Waals surface area (Å²) in [5.74, 6) is -5.06. The molecule has 0 aliphatic carbocycles. The molecule has 3 rings (SSSR count). The predicted octanol–water partition coefficient (Wildman–Crippen LogP) is -0.351. The first kappa shape index (κ1) is 29.9. The Bertz CT molecular complexity index is 1210. The van der Waals surface area contributed by atoms with Gasteiger partial charge in [-0.15, -0.1) is 0 Å². The minimum absolute atomic E-state index is 0.0111. The number of rotatable bonds is 13. The molecule has 40 heavy (non-hydrogen) atoms. The molecule has 1 aliphatic rings. The molecule has 3 amide bonds. The second-order valence-electron chi connectivity index (χ2n) is 9.51. The summed E-state index contributed by atoms with van der Waals surface area (Å²) >= 11 is 0. The van der Waals surface area contributed by atoms with Crippen molar-refractivity contribution in [2.75, 3.05) is 6.54 Å². The first-order valence-electron chi connectivity index (χ1n) is 12.7. The lowest BCUT2D eigenvalue weighted by atomic mass is 10.0. The van der Waals surface area contributed by atoms with E-state index in [1.165, 1.54) is 48.5 Å². The van der Waals surface area contributed by atoms with E-state index in [9.17, 15) is 44.4 Å². The normalized spacial score (nSPS) is 16.8. The number of carboxylic acids is 2. The van der Waals surface area contributed by atoms with Crippen LogP contribution in [-0.4, -0.2) is 80.8 Å². The molecule has 214 valence electrons. The van der Waals surface area contributed by atoms with E-state index in [1.807, 2.05) is 0 Å². The number of carbonyl (C=O) groups excluding carboxylic acids is 3. The highest BCUT2D eigenvalue weighted by molar-refractivity contribution is 5.95. The highest BCUT2D eigenvalue weighted by Gasteiger charge is 2.32. The number of hydrogen-bond acceptors (Lipinski definition) is 8. The fourth-order valence-electron chi connectivity index (χ4n) is 4.25. The molecule has 4 atom stereocenters. The molecule has 13 nitrogen and oxygen atoms in total. The number of carbonyl (C=O) groups is 5. The van der Waals surface area contributed by atoms with Crippen LogP contribution in [0.5, 0.6) is 11.5 Å². The van der Waals surface area contributed by atoms with Crippen molar-refractivity contribution in [3.8, 4) is 11.5 Å². The molecule has 8 N–H and O–H groups in total. The Hall–Kier alpha value is -4.65. The smallest absolute Gasteiger partial charge is 0.326 e. The highest BCUT2D eigenvalue weighted by Crippen LogP contribution is 2.14. The van der Waals surface area contributed by atoms with Crippen LogP contribution in [0.25, 0.3) is 0 Å². The van der Waals surface area contributed by atoms with Crippen molar-refractivity contribution < 1.29 is 44.4 Å². The maximum Gasteiger partial charge on any atom is 0.326 e. The molecule has 4 unspecified atom stereocenters. The molecular weight excluding hydrogens is 524 g/mol. The van der Waals surface area contributed by atoms with E-state index in [-0.39, 0.29) is 24.3 Å². The van der Waals surface area contributed by atoms with Crippen LogP contribution in [-0.2, 0) is 36.8 Å². The maximum absolute atomic E-state index is 13.3. The summed E-state index contributed by atoms with van der Waals surface area (Å²) in [6, 6.07) is 6.73. The number of phenols is 2. The average Bonchev–Trinajstić information content (AvgIpc) is 3.45. The summed E-state index contributed by atoms with van der Waals surface area (Å²) in [7, 11) is 0. The Kier molecular flexibility index (Phi) is 10.4. The minimum atomic E-state index is -1.49. The predicted molar refractivity (Wildman–Crippen MR) is 140 cm³/mol. The van der Waals surface area contributed by atoms with E-state index in [0.29, 0.717) is 24.1 Å². The van der Waals surface area contributed by atoms with Gasteiger partial charge in [0.2, 0.25) is 17.7 Å². The number of aromatic hydroxyl groups is 2. The van der Waals surface area contributed by atoms with Crippen molar-refractivity contribution in [2.24, 2.45) is 0 Å². The fourth-order valence-corrected chi connectivity index (χ4v) is 4.25. The van der Waals surface area contributed by atoms with Crippen LogP contribution in [0.3, 0.4) is 0 Å². The van der Waals surface area contributed by atoms with E-state index in [4.69, 9.17) is 0 Å². The van der Waals surface area contributed by atoms with Gasteiger partial charge in [-0.2, -0.15) is 0 Å². The van der Waals surface area contributed by atoms with E-state index in [0.717, 1.165) is 6.42 Å². The molecule has 0 saturated carbocycles. The standard InChI is InChI=1S/C27H32N4O9/c32-17-7-3-15(4-8-17)12-20(25(37)31-22(27(39)40)13-16-5-9-18(33)10-6-16)29-26(38)21(14-23(34)35)30-24(36)19-2-1-11-28-19/h3-10,19-22,28,32-33H,1-2,11-14H2,(H,29,38)(H,30,36)(H,31,37)(H,34,35)(H,39,40). The number of nitrogens with one attached hydrogen (secondary N) is 4. The van der Waals surface area contributed by atoms with Gasteiger partial charge in [-0.3, -0.25) is 19.2 Å². The van der Waals surface area contributed by atoms with Crippen molar-refractivity contribution in [2.45, 2.75) is 56.3 Å². The van der Waals surface area contributed by atoms with Crippen molar-refractivity contribution in [1.29, 1.82) is 0 Å². The molecule has 1 aliphatic heterocycles. The second-order valence-corrected chi connectivity index (χ2v) is 9.51. The average molecular weight is 557 g/mol. The van der Waals surface area contributed by atoms with E-state index < -0.39 is 60.2 Å². The Morgan fingerprint density at radius 2 is 1.25 bits per heavy atom. The summed E-state index contributed by atoms with van der Waals surface area (Å²) in [5.41, 5.74) is 1.03. The molecule has 13 heteroatoms. The third-order valence-corrected chi connectivity index (χ3v) is 6.39. The third-order valence-electron chi connectivity index (χ3n) is 6.39. The van der Waals surface area contributed by atoms with Gasteiger partial charge in [0.1, 0.15) is 29.6 Å². The zero-order valence-electron chi connectivity index (χ0n) is 21.5. The quantitative estimate of drug-likeness (QED) is 0.160. The fraction of sp³-hybridized carbons (Fsp3) is 0.370. The lowest BCUT2D eigenvalue weighted by Crippen LogP contribution is -2.58. The van der Waals surface area contributed by atoms with Crippen LogP contribution in [0.2, 0.25) is 0 Å². The SMILES string of the molecule is O=C(O)CC(NC(=O)C1CCCN1)C(=O)NC(Cc1ccc(O)cc1)C(=O)NC(Cc1ccc(O)cc1)C(=O)O. The molecule has 1 heterocycles. The van der Waals surface area contributed by atoms with Crippen LogP contribution in [0.4, 0.5) is 0 Å². The molecular formula is C27H32N4O9. The third kappa shape index (κ3) is 8.98. The zero-order valence-corrected chi connectivity index (χ0v) is 21.5. The summed E-state index contributed by atoms with van der Waals surface area (Å²) in [4.78, 5) is 62.4. The van der Waals surface area contributed by atoms with Gasteiger partial charge >= 0.3 is 11.9 Å². The van der Waals surface area contributed by atoms with Gasteiger partial charge in [0, 0.05) is 12.8 Å². The Morgan fingerprint density at radius 1 is 0.750 bits per heavy atom. The van der Waals surface area contributed by atoms with Gasteiger partial charge in [-0.05, 0) is 54.8 Å². The van der Waals surface area contributed by atoms with Crippen LogP contribution in [0.15, 0.2) is 48.5 Å². The van der Waals surface area contributed by atoms with Gasteiger partial charge in [0.05, 0.1) is 12.5 Å². The van der Waals surface area contributed by atoms with Gasteiger partial charge in [-0.25, -0.2) is 4.79 Å². The monoisotopic (exact) mass is 556 g/mol. The van der Waals surface area contributed by atoms with Crippen LogP contribution >= 0.6 is 0 Å². The van der Waals surface area contributed by atoms with Crippen LogP contribution in [0.1, 0.15) is 30.4 Å². The Balaban J connectivity index is 1.79. The molecule has 0 bridgehead atoms. The van der Waals surface area contributed by atoms with E-state index in [1.54, 1.807) is 0 Å². The zero-order chi connectivity index (χ0) is 29.2. The van der Waals surface area contributed by atoms with Crippen molar-refractivity contribution in [3.05, 3.63) is 59.7 Å². The molecule has 0 spiro atoms. The number of hydrogen-bond donors (Lipinski definition) is 8. The number of aliphatic carboxylic acids is 2. The van der Waals surface area contributed by atoms with Gasteiger partial charge < -0.3 is 41.7 Å². The topological polar surface area (TPSA) is 214 Å². The lowest BCUT2D eigenvalue weighted by molar-refractivity contribution is -0.143. The summed E-state index contributed by atoms with van der Waals surface area (Å²) < 4.78 is 0. The number of amides is 3. The first-order valence-corrected chi connectivity index (χ1v) is 12.7. The van der Waals surface area contributed by atoms with E-state index >= 15 is 0 Å². The molecule has 2 aromatic rings. The largest absolute Gasteiger partial charge is 0.508 e. The molecule has 0 aromatic heterocycles. The minimum Gasteiger partial charge on any atom is -0.508 e. The number of benzene rings is 2. The first-order chi connectivity index (χ1) is 19.0. The Morgan fingerprint density at radius 3 is 1.73 bits per heavy atom. The van der Waals surface area contributed by atoms with E-state index in [2.05, 4.69) is 21.3 Å². The second kappa shape index (κ2) is 13.9. The van der Waals surface area contributed by atoms with Gasteiger partial charge in [0.25, 0.3) is 0 Å². The molecule has 2 aromatic carbocycles. The van der Waals surface area contributed by atoms with Crippen LogP contribution in [0, 0.1) is 0 Å². The number of carboxylic acid groups (broad SMARTS) is 2.